The van der Waals surface area contributed by atoms with Gasteiger partial charge in [-0.1, -0.05) is 13.8 Å². The van der Waals surface area contributed by atoms with Crippen molar-refractivity contribution in [1.82, 2.24) is 9.88 Å². The molecule has 0 radical (unpaired) electrons. The highest BCUT2D eigenvalue weighted by atomic mass is 35.5. The molecule has 0 bridgehead atoms. The predicted octanol–water partition coefficient (Wildman–Crippen LogP) is 2.24. The minimum atomic E-state index is -0.267. The summed E-state index contributed by atoms with van der Waals surface area (Å²) >= 11 is 5.76. The smallest absolute Gasteiger partial charge is 0.254 e. The van der Waals surface area contributed by atoms with E-state index in [-0.39, 0.29) is 17.5 Å². The maximum atomic E-state index is 12.4. The number of nitrogens with one attached hydrogen (secondary N) is 1. The number of halogens is 1. The molecule has 0 aliphatic heterocycles. The molecule has 0 aliphatic rings. The van der Waals surface area contributed by atoms with E-state index in [1.165, 1.54) is 12.3 Å². The van der Waals surface area contributed by atoms with Gasteiger partial charge in [-0.15, -0.1) is 11.6 Å². The van der Waals surface area contributed by atoms with Crippen LogP contribution in [0.3, 0.4) is 0 Å². The molecule has 18 heavy (non-hydrogen) atoms. The Bertz CT molecular complexity index is 441. The lowest BCUT2D eigenvalue weighted by Crippen LogP contribution is -2.41. The summed E-state index contributed by atoms with van der Waals surface area (Å²) in [4.78, 5) is 27.8. The van der Waals surface area contributed by atoms with Gasteiger partial charge in [0.2, 0.25) is 5.56 Å². The fraction of sp³-hybridized carbons (Fsp3) is 0.538. The van der Waals surface area contributed by atoms with E-state index < -0.39 is 0 Å². The Morgan fingerprint density at radius 3 is 2.61 bits per heavy atom. The highest BCUT2D eigenvalue weighted by Gasteiger charge is 2.21. The highest BCUT2D eigenvalue weighted by molar-refractivity contribution is 6.18. The van der Waals surface area contributed by atoms with Crippen molar-refractivity contribution in [3.05, 3.63) is 34.2 Å². The second kappa shape index (κ2) is 7.21. The maximum absolute atomic E-state index is 12.4. The zero-order chi connectivity index (χ0) is 13.5. The number of alkyl halides is 1. The number of nitrogens with zero attached hydrogens (tertiary/aromatic N) is 1. The lowest BCUT2D eigenvalue weighted by Gasteiger charge is -2.30. The van der Waals surface area contributed by atoms with Gasteiger partial charge in [0.25, 0.3) is 5.91 Å². The molecule has 0 saturated heterocycles. The van der Waals surface area contributed by atoms with E-state index in [9.17, 15) is 9.59 Å². The molecule has 4 nitrogen and oxygen atoms in total. The van der Waals surface area contributed by atoms with Crippen LogP contribution < -0.4 is 5.56 Å². The van der Waals surface area contributed by atoms with Crippen molar-refractivity contribution in [3.63, 3.8) is 0 Å². The Balaban J connectivity index is 2.98. The Morgan fingerprint density at radius 1 is 1.44 bits per heavy atom. The molecule has 1 aromatic rings. The second-order valence-electron chi connectivity index (χ2n) is 4.10. The largest absolute Gasteiger partial charge is 0.334 e. The number of H-pyrrole nitrogens is 1. The molecule has 0 spiro atoms. The molecule has 5 heteroatoms. The van der Waals surface area contributed by atoms with Gasteiger partial charge in [-0.05, 0) is 18.9 Å². The van der Waals surface area contributed by atoms with Crippen LogP contribution in [0.25, 0.3) is 0 Å². The average Bonchev–Trinajstić information content (AvgIpc) is 2.38. The van der Waals surface area contributed by atoms with Gasteiger partial charge in [0, 0.05) is 36.3 Å². The fourth-order valence-electron chi connectivity index (χ4n) is 2.01. The van der Waals surface area contributed by atoms with Crippen molar-refractivity contribution in [3.8, 4) is 0 Å². The number of carbonyl (C=O) groups excluding carboxylic acids is 1. The zero-order valence-electron chi connectivity index (χ0n) is 10.8. The molecule has 0 saturated carbocycles. The number of amides is 1. The maximum Gasteiger partial charge on any atom is 0.254 e. The molecule has 0 unspecified atom stereocenters. The standard InChI is InChI=1S/C13H19ClN2O2/c1-3-11(4-2)16(8-6-14)13(18)10-5-7-15-12(17)9-10/h5,7,9,11H,3-4,6,8H2,1-2H3,(H,15,17). The van der Waals surface area contributed by atoms with Gasteiger partial charge in [0.1, 0.15) is 0 Å². The summed E-state index contributed by atoms with van der Waals surface area (Å²) in [6, 6.07) is 3.11. The van der Waals surface area contributed by atoms with E-state index in [0.717, 1.165) is 12.8 Å². The van der Waals surface area contributed by atoms with Crippen LogP contribution in [-0.2, 0) is 0 Å². The summed E-state index contributed by atoms with van der Waals surface area (Å²) in [7, 11) is 0. The highest BCUT2D eigenvalue weighted by Crippen LogP contribution is 2.12. The van der Waals surface area contributed by atoms with Crippen LogP contribution in [-0.4, -0.2) is 34.3 Å². The third kappa shape index (κ3) is 3.60. The molecule has 0 atom stereocenters. The van der Waals surface area contributed by atoms with Crippen LogP contribution in [0.2, 0.25) is 0 Å². The summed E-state index contributed by atoms with van der Waals surface area (Å²) in [5.41, 5.74) is 0.145. The first kappa shape index (κ1) is 14.8. The average molecular weight is 271 g/mol. The summed E-state index contributed by atoms with van der Waals surface area (Å²) in [6.07, 6.45) is 3.24. The lowest BCUT2D eigenvalue weighted by atomic mass is 10.1. The monoisotopic (exact) mass is 270 g/mol. The van der Waals surface area contributed by atoms with Crippen molar-refractivity contribution in [2.24, 2.45) is 0 Å². The lowest BCUT2D eigenvalue weighted by molar-refractivity contribution is 0.0681. The first-order valence-electron chi connectivity index (χ1n) is 6.19. The summed E-state index contributed by atoms with van der Waals surface area (Å²) in [5.74, 6) is 0.265. The number of aromatic nitrogens is 1. The van der Waals surface area contributed by atoms with Crippen LogP contribution in [0.15, 0.2) is 23.1 Å². The zero-order valence-corrected chi connectivity index (χ0v) is 11.5. The topological polar surface area (TPSA) is 53.2 Å². The van der Waals surface area contributed by atoms with Gasteiger partial charge < -0.3 is 9.88 Å². The van der Waals surface area contributed by atoms with Crippen molar-refractivity contribution >= 4 is 17.5 Å². The number of hydrogen-bond acceptors (Lipinski definition) is 2. The van der Waals surface area contributed by atoms with E-state index in [2.05, 4.69) is 4.98 Å². The Labute approximate surface area is 112 Å². The van der Waals surface area contributed by atoms with Crippen LogP contribution in [0, 0.1) is 0 Å². The molecule has 1 rings (SSSR count). The number of rotatable bonds is 6. The van der Waals surface area contributed by atoms with Gasteiger partial charge in [0.15, 0.2) is 0 Å². The summed E-state index contributed by atoms with van der Waals surface area (Å²) in [5, 5.41) is 0. The van der Waals surface area contributed by atoms with E-state index >= 15 is 0 Å². The molecular weight excluding hydrogens is 252 g/mol. The van der Waals surface area contributed by atoms with E-state index in [1.807, 2.05) is 13.8 Å². The van der Waals surface area contributed by atoms with Crippen LogP contribution in [0.4, 0.5) is 0 Å². The van der Waals surface area contributed by atoms with Crippen molar-refractivity contribution in [1.29, 1.82) is 0 Å². The number of pyridine rings is 1. The SMILES string of the molecule is CCC(CC)N(CCCl)C(=O)c1cc[nH]c(=O)c1. The first-order chi connectivity index (χ1) is 8.63. The predicted molar refractivity (Wildman–Crippen MR) is 73.2 cm³/mol. The van der Waals surface area contributed by atoms with E-state index in [4.69, 9.17) is 11.6 Å². The van der Waals surface area contributed by atoms with Crippen molar-refractivity contribution in [2.75, 3.05) is 12.4 Å². The molecular formula is C13H19ClN2O2. The number of aromatic amines is 1. The Hall–Kier alpha value is -1.29. The first-order valence-corrected chi connectivity index (χ1v) is 6.73. The quantitative estimate of drug-likeness (QED) is 0.806. The van der Waals surface area contributed by atoms with E-state index in [1.54, 1.807) is 11.0 Å². The molecule has 100 valence electrons. The van der Waals surface area contributed by atoms with Crippen molar-refractivity contribution < 1.29 is 4.79 Å². The van der Waals surface area contributed by atoms with Crippen LogP contribution in [0.1, 0.15) is 37.0 Å². The van der Waals surface area contributed by atoms with Crippen LogP contribution in [0.5, 0.6) is 0 Å². The van der Waals surface area contributed by atoms with Crippen molar-refractivity contribution in [2.45, 2.75) is 32.7 Å². The normalized spacial score (nSPS) is 10.7. The minimum absolute atomic E-state index is 0.129. The summed E-state index contributed by atoms with van der Waals surface area (Å²) < 4.78 is 0. The third-order valence-corrected chi connectivity index (χ3v) is 3.16. The molecule has 0 aromatic carbocycles. The molecule has 0 fully saturated rings. The summed E-state index contributed by atoms with van der Waals surface area (Å²) in [6.45, 7) is 4.58. The fourth-order valence-corrected chi connectivity index (χ4v) is 2.20. The number of hydrogen-bond donors (Lipinski definition) is 1. The molecule has 1 aromatic heterocycles. The molecule has 1 N–H and O–H groups in total. The van der Waals surface area contributed by atoms with E-state index in [0.29, 0.717) is 18.0 Å². The minimum Gasteiger partial charge on any atom is -0.334 e. The molecule has 0 aliphatic carbocycles. The molecule has 1 heterocycles. The van der Waals surface area contributed by atoms with Crippen LogP contribution >= 0.6 is 11.6 Å². The Morgan fingerprint density at radius 2 is 2.11 bits per heavy atom. The Kier molecular flexibility index (Phi) is 5.92. The van der Waals surface area contributed by atoms with Gasteiger partial charge in [0.05, 0.1) is 0 Å². The van der Waals surface area contributed by atoms with Gasteiger partial charge >= 0.3 is 0 Å². The van der Waals surface area contributed by atoms with Gasteiger partial charge in [-0.25, -0.2) is 0 Å². The van der Waals surface area contributed by atoms with Gasteiger partial charge in [-0.2, -0.15) is 0 Å². The second-order valence-corrected chi connectivity index (χ2v) is 4.48. The third-order valence-electron chi connectivity index (χ3n) is 2.99. The number of carbonyl (C=O) groups is 1. The molecule has 1 amide bonds. The van der Waals surface area contributed by atoms with Gasteiger partial charge in [-0.3, -0.25) is 9.59 Å².